The highest BCUT2D eigenvalue weighted by atomic mass is 16.5. The van der Waals surface area contributed by atoms with Crippen LogP contribution in [0.1, 0.15) is 18.4 Å². The number of carbonyl (C=O) groups excluding carboxylic acids is 1. The number of nitrogens with zero attached hydrogens (tertiary/aromatic N) is 3. The first-order valence-corrected chi connectivity index (χ1v) is 11.5. The van der Waals surface area contributed by atoms with E-state index in [1.54, 1.807) is 0 Å². The second-order valence-corrected chi connectivity index (χ2v) is 8.52. The van der Waals surface area contributed by atoms with Crippen molar-refractivity contribution >= 4 is 17.3 Å². The highest BCUT2D eigenvalue weighted by Gasteiger charge is 2.19. The molecule has 2 aliphatic heterocycles. The smallest absolute Gasteiger partial charge is 0.238 e. The summed E-state index contributed by atoms with van der Waals surface area (Å²) in [5, 5.41) is 3.11. The minimum atomic E-state index is 0.0675. The molecule has 0 unspecified atom stereocenters. The lowest BCUT2D eigenvalue weighted by atomic mass is 10.1. The van der Waals surface area contributed by atoms with E-state index in [0.717, 1.165) is 62.8 Å². The molecule has 6 heteroatoms. The van der Waals surface area contributed by atoms with Gasteiger partial charge in [-0.2, -0.15) is 0 Å². The van der Waals surface area contributed by atoms with Gasteiger partial charge in [-0.25, -0.2) is 0 Å². The zero-order valence-corrected chi connectivity index (χ0v) is 18.6. The number of anilines is 2. The quantitative estimate of drug-likeness (QED) is 0.708. The summed E-state index contributed by atoms with van der Waals surface area (Å²) in [5.41, 5.74) is 3.31. The van der Waals surface area contributed by atoms with Crippen LogP contribution in [0.4, 0.5) is 11.4 Å². The summed E-state index contributed by atoms with van der Waals surface area (Å²) in [6.07, 6.45) is 2.54. The summed E-state index contributed by atoms with van der Waals surface area (Å²) in [6.45, 7) is 10.1. The van der Waals surface area contributed by atoms with Crippen LogP contribution >= 0.6 is 0 Å². The Bertz CT molecular complexity index is 844. The number of para-hydroxylation sites is 1. The Labute approximate surface area is 185 Å². The van der Waals surface area contributed by atoms with E-state index in [-0.39, 0.29) is 5.91 Å². The maximum atomic E-state index is 12.6. The van der Waals surface area contributed by atoms with Gasteiger partial charge >= 0.3 is 0 Å². The van der Waals surface area contributed by atoms with Crippen LogP contribution < -0.4 is 15.0 Å². The molecule has 4 rings (SSSR count). The van der Waals surface area contributed by atoms with Gasteiger partial charge in [0.1, 0.15) is 12.4 Å². The zero-order chi connectivity index (χ0) is 21.5. The maximum Gasteiger partial charge on any atom is 0.238 e. The summed E-state index contributed by atoms with van der Waals surface area (Å²) in [5.74, 6) is 0.986. The van der Waals surface area contributed by atoms with Gasteiger partial charge in [-0.05, 0) is 55.7 Å². The monoisotopic (exact) mass is 422 g/mol. The summed E-state index contributed by atoms with van der Waals surface area (Å²) >= 11 is 0. The molecule has 0 radical (unpaired) electrons. The predicted molar refractivity (Wildman–Crippen MR) is 126 cm³/mol. The van der Waals surface area contributed by atoms with Crippen LogP contribution in [-0.2, 0) is 4.79 Å². The molecular weight excluding hydrogens is 388 g/mol. The Kier molecular flexibility index (Phi) is 7.43. The summed E-state index contributed by atoms with van der Waals surface area (Å²) in [7, 11) is 0. The van der Waals surface area contributed by atoms with Crippen LogP contribution in [0.25, 0.3) is 0 Å². The molecule has 166 valence electrons. The standard InChI is InChI=1S/C25H34N4O2/c1-21-19-22(29-11-5-6-12-29)9-10-24(21)26-25(30)20-28-15-13-27(14-16-28)17-18-31-23-7-3-2-4-8-23/h2-4,7-10,19H,5-6,11-18,20H2,1H3,(H,26,30). The predicted octanol–water partition coefficient (Wildman–Crippen LogP) is 3.23. The number of piperazine rings is 1. The third kappa shape index (κ3) is 6.21. The highest BCUT2D eigenvalue weighted by molar-refractivity contribution is 5.93. The van der Waals surface area contributed by atoms with Gasteiger partial charge < -0.3 is 15.0 Å². The number of amides is 1. The van der Waals surface area contributed by atoms with Crippen LogP contribution in [0.3, 0.4) is 0 Å². The van der Waals surface area contributed by atoms with E-state index in [1.165, 1.54) is 18.5 Å². The molecule has 0 bridgehead atoms. The van der Waals surface area contributed by atoms with E-state index in [2.05, 4.69) is 39.1 Å². The Hall–Kier alpha value is -2.57. The molecule has 0 aliphatic carbocycles. The van der Waals surface area contributed by atoms with Crippen LogP contribution in [-0.4, -0.2) is 74.7 Å². The molecule has 2 heterocycles. The minimum absolute atomic E-state index is 0.0675. The van der Waals surface area contributed by atoms with Crippen molar-refractivity contribution in [3.05, 3.63) is 54.1 Å². The van der Waals surface area contributed by atoms with E-state index >= 15 is 0 Å². The van der Waals surface area contributed by atoms with Crippen LogP contribution in [0.2, 0.25) is 0 Å². The normalized spacial score (nSPS) is 17.6. The van der Waals surface area contributed by atoms with E-state index in [0.29, 0.717) is 13.2 Å². The van der Waals surface area contributed by atoms with Crippen molar-refractivity contribution < 1.29 is 9.53 Å². The molecule has 2 aliphatic rings. The number of hydrogen-bond acceptors (Lipinski definition) is 5. The number of aryl methyl sites for hydroxylation is 1. The minimum Gasteiger partial charge on any atom is -0.492 e. The van der Waals surface area contributed by atoms with Crippen molar-refractivity contribution in [3.63, 3.8) is 0 Å². The lowest BCUT2D eigenvalue weighted by Crippen LogP contribution is -2.49. The van der Waals surface area contributed by atoms with E-state index < -0.39 is 0 Å². The Morgan fingerprint density at radius 3 is 2.35 bits per heavy atom. The van der Waals surface area contributed by atoms with Gasteiger partial charge in [0.25, 0.3) is 0 Å². The third-order valence-corrected chi connectivity index (χ3v) is 6.21. The van der Waals surface area contributed by atoms with Crippen LogP contribution in [0.5, 0.6) is 5.75 Å². The number of carbonyl (C=O) groups is 1. The summed E-state index contributed by atoms with van der Waals surface area (Å²) < 4.78 is 5.80. The lowest BCUT2D eigenvalue weighted by molar-refractivity contribution is -0.117. The van der Waals surface area contributed by atoms with Crippen molar-refractivity contribution in [2.45, 2.75) is 19.8 Å². The molecule has 2 saturated heterocycles. The molecule has 6 nitrogen and oxygen atoms in total. The molecule has 0 saturated carbocycles. The Morgan fingerprint density at radius 2 is 1.65 bits per heavy atom. The lowest BCUT2D eigenvalue weighted by Gasteiger charge is -2.34. The Morgan fingerprint density at radius 1 is 0.935 bits per heavy atom. The number of benzene rings is 2. The molecule has 0 atom stereocenters. The molecule has 0 spiro atoms. The molecule has 1 N–H and O–H groups in total. The van der Waals surface area contributed by atoms with Crippen molar-refractivity contribution in [3.8, 4) is 5.75 Å². The summed E-state index contributed by atoms with van der Waals surface area (Å²) in [4.78, 5) is 19.6. The fourth-order valence-corrected chi connectivity index (χ4v) is 4.33. The van der Waals surface area contributed by atoms with Crippen molar-refractivity contribution in [1.82, 2.24) is 9.80 Å². The first-order valence-electron chi connectivity index (χ1n) is 11.5. The highest BCUT2D eigenvalue weighted by Crippen LogP contribution is 2.25. The van der Waals surface area contributed by atoms with Crippen LogP contribution in [0.15, 0.2) is 48.5 Å². The molecular formula is C25H34N4O2. The average Bonchev–Trinajstić information content (AvgIpc) is 3.32. The van der Waals surface area contributed by atoms with Gasteiger partial charge in [0.2, 0.25) is 5.91 Å². The zero-order valence-electron chi connectivity index (χ0n) is 18.6. The second kappa shape index (κ2) is 10.6. The van der Waals surface area contributed by atoms with Crippen LogP contribution in [0, 0.1) is 6.92 Å². The van der Waals surface area contributed by atoms with E-state index in [1.807, 2.05) is 36.4 Å². The average molecular weight is 423 g/mol. The molecule has 2 fully saturated rings. The van der Waals surface area contributed by atoms with Gasteiger partial charge in [0.15, 0.2) is 0 Å². The molecule has 1 amide bonds. The van der Waals surface area contributed by atoms with Crippen molar-refractivity contribution in [2.24, 2.45) is 0 Å². The molecule has 0 aromatic heterocycles. The number of rotatable bonds is 8. The van der Waals surface area contributed by atoms with Gasteiger partial charge in [-0.1, -0.05) is 18.2 Å². The first kappa shape index (κ1) is 21.7. The van der Waals surface area contributed by atoms with Gasteiger partial charge in [0, 0.05) is 57.2 Å². The topological polar surface area (TPSA) is 48.1 Å². The fraction of sp³-hybridized carbons (Fsp3) is 0.480. The van der Waals surface area contributed by atoms with Gasteiger partial charge in [0.05, 0.1) is 6.54 Å². The van der Waals surface area contributed by atoms with Gasteiger partial charge in [-0.3, -0.25) is 14.6 Å². The van der Waals surface area contributed by atoms with Crippen molar-refractivity contribution in [1.29, 1.82) is 0 Å². The number of hydrogen-bond donors (Lipinski definition) is 1. The number of nitrogens with one attached hydrogen (secondary N) is 1. The second-order valence-electron chi connectivity index (χ2n) is 8.52. The Balaban J connectivity index is 1.17. The molecule has 2 aromatic carbocycles. The SMILES string of the molecule is Cc1cc(N2CCCC2)ccc1NC(=O)CN1CCN(CCOc2ccccc2)CC1. The van der Waals surface area contributed by atoms with E-state index in [4.69, 9.17) is 4.74 Å². The third-order valence-electron chi connectivity index (χ3n) is 6.21. The van der Waals surface area contributed by atoms with E-state index in [9.17, 15) is 4.79 Å². The maximum absolute atomic E-state index is 12.6. The molecule has 31 heavy (non-hydrogen) atoms. The summed E-state index contributed by atoms with van der Waals surface area (Å²) in [6, 6.07) is 16.3. The fourth-order valence-electron chi connectivity index (χ4n) is 4.33. The molecule has 2 aromatic rings. The largest absolute Gasteiger partial charge is 0.492 e. The van der Waals surface area contributed by atoms with Crippen molar-refractivity contribution in [2.75, 3.05) is 69.2 Å². The van der Waals surface area contributed by atoms with Gasteiger partial charge in [-0.15, -0.1) is 0 Å². The number of ether oxygens (including phenoxy) is 1. The first-order chi connectivity index (χ1) is 15.2.